The topological polar surface area (TPSA) is 49.1 Å². The number of hydrogen-bond donors (Lipinski definition) is 1. The molecule has 2 atom stereocenters. The van der Waals surface area contributed by atoms with Crippen LogP contribution in [0.5, 0.6) is 0 Å². The van der Waals surface area contributed by atoms with Gasteiger partial charge in [-0.2, -0.15) is 5.14 Å². The first kappa shape index (κ1) is 12.6. The lowest BCUT2D eigenvalue weighted by atomic mass is 9.85. The highest BCUT2D eigenvalue weighted by Gasteiger charge is 2.39. The van der Waals surface area contributed by atoms with Crippen LogP contribution in [0.25, 0.3) is 0 Å². The summed E-state index contributed by atoms with van der Waals surface area (Å²) >= 11 is -1.31. The van der Waals surface area contributed by atoms with Gasteiger partial charge in [0, 0.05) is 17.3 Å². The normalized spacial score (nSPS) is 16.1. The van der Waals surface area contributed by atoms with E-state index in [-0.39, 0.29) is 10.7 Å². The van der Waals surface area contributed by atoms with Crippen molar-refractivity contribution in [3.05, 3.63) is 35.9 Å². The molecule has 0 saturated carbocycles. The maximum Gasteiger partial charge on any atom is 0.146 e. The molecule has 0 spiro atoms. The van der Waals surface area contributed by atoms with E-state index in [1.54, 1.807) is 0 Å². The van der Waals surface area contributed by atoms with Crippen molar-refractivity contribution in [1.82, 2.24) is 0 Å². The van der Waals surface area contributed by atoms with E-state index in [0.29, 0.717) is 0 Å². The van der Waals surface area contributed by atoms with Crippen molar-refractivity contribution >= 4 is 11.4 Å². The van der Waals surface area contributed by atoms with Gasteiger partial charge < -0.3 is 4.55 Å². The van der Waals surface area contributed by atoms with Gasteiger partial charge in [0.2, 0.25) is 0 Å². The van der Waals surface area contributed by atoms with E-state index in [1.165, 1.54) is 5.56 Å². The smallest absolute Gasteiger partial charge is 0.146 e. The Bertz CT molecular complexity index is 298. The SMILES string of the molecule is CCC(c1ccccc1)C(C)(C)[S+](N)[O-]. The maximum atomic E-state index is 11.5. The molecule has 3 heteroatoms. The molecule has 15 heavy (non-hydrogen) atoms. The minimum atomic E-state index is -1.31. The predicted molar refractivity (Wildman–Crippen MR) is 65.9 cm³/mol. The van der Waals surface area contributed by atoms with Crippen molar-refractivity contribution in [2.75, 3.05) is 0 Å². The predicted octanol–water partition coefficient (Wildman–Crippen LogP) is 2.58. The Hall–Kier alpha value is -0.510. The molecule has 0 bridgehead atoms. The fraction of sp³-hybridized carbons (Fsp3) is 0.500. The van der Waals surface area contributed by atoms with Gasteiger partial charge in [0.05, 0.1) is 0 Å². The number of rotatable bonds is 4. The van der Waals surface area contributed by atoms with Crippen LogP contribution in [0.4, 0.5) is 0 Å². The van der Waals surface area contributed by atoms with Crippen LogP contribution < -0.4 is 5.14 Å². The summed E-state index contributed by atoms with van der Waals surface area (Å²) in [5, 5.41) is 5.56. The van der Waals surface area contributed by atoms with Crippen molar-refractivity contribution in [3.63, 3.8) is 0 Å². The molecular formula is C12H19NOS. The molecule has 84 valence electrons. The number of nitrogens with two attached hydrogens (primary N) is 1. The molecule has 0 amide bonds. The third-order valence-electron chi connectivity index (χ3n) is 2.97. The van der Waals surface area contributed by atoms with Crippen LogP contribution in [0.1, 0.15) is 38.7 Å². The molecule has 0 aliphatic rings. The lowest BCUT2D eigenvalue weighted by Gasteiger charge is -2.32. The van der Waals surface area contributed by atoms with Crippen LogP contribution in [0.15, 0.2) is 30.3 Å². The number of hydrogen-bond acceptors (Lipinski definition) is 2. The highest BCUT2D eigenvalue weighted by atomic mass is 32.2. The summed E-state index contributed by atoms with van der Waals surface area (Å²) in [7, 11) is 0. The molecule has 0 aromatic heterocycles. The minimum Gasteiger partial charge on any atom is -0.598 e. The van der Waals surface area contributed by atoms with Crippen molar-refractivity contribution in [3.8, 4) is 0 Å². The van der Waals surface area contributed by atoms with Crippen LogP contribution in [-0.2, 0) is 11.4 Å². The van der Waals surface area contributed by atoms with Gasteiger partial charge in [-0.05, 0) is 25.8 Å². The number of benzene rings is 1. The van der Waals surface area contributed by atoms with Crippen molar-refractivity contribution in [1.29, 1.82) is 0 Å². The van der Waals surface area contributed by atoms with Gasteiger partial charge in [0.1, 0.15) is 4.75 Å². The van der Waals surface area contributed by atoms with Gasteiger partial charge in [-0.3, -0.25) is 0 Å². The van der Waals surface area contributed by atoms with E-state index in [1.807, 2.05) is 32.0 Å². The van der Waals surface area contributed by atoms with Crippen LogP contribution in [0.2, 0.25) is 0 Å². The first-order valence-electron chi connectivity index (χ1n) is 5.21. The molecule has 0 fully saturated rings. The molecule has 2 N–H and O–H groups in total. The molecule has 1 aromatic carbocycles. The first-order chi connectivity index (χ1) is 7.00. The molecule has 1 rings (SSSR count). The lowest BCUT2D eigenvalue weighted by molar-refractivity contribution is 0.475. The van der Waals surface area contributed by atoms with Crippen molar-refractivity contribution in [2.24, 2.45) is 5.14 Å². The Morgan fingerprint density at radius 1 is 1.33 bits per heavy atom. The molecule has 0 aliphatic heterocycles. The molecule has 0 aliphatic carbocycles. The maximum absolute atomic E-state index is 11.5. The third kappa shape index (κ3) is 2.74. The monoisotopic (exact) mass is 225 g/mol. The van der Waals surface area contributed by atoms with Crippen LogP contribution >= 0.6 is 0 Å². The Labute approximate surface area is 95.2 Å². The van der Waals surface area contributed by atoms with Crippen LogP contribution in [0, 0.1) is 0 Å². The van der Waals surface area contributed by atoms with E-state index in [2.05, 4.69) is 19.1 Å². The lowest BCUT2D eigenvalue weighted by Crippen LogP contribution is -2.42. The highest BCUT2D eigenvalue weighted by molar-refractivity contribution is 7.90. The van der Waals surface area contributed by atoms with Gasteiger partial charge >= 0.3 is 0 Å². The van der Waals surface area contributed by atoms with Gasteiger partial charge in [-0.15, -0.1) is 0 Å². The molecule has 2 unspecified atom stereocenters. The van der Waals surface area contributed by atoms with E-state index in [4.69, 9.17) is 5.14 Å². The van der Waals surface area contributed by atoms with Crippen molar-refractivity contribution in [2.45, 2.75) is 37.9 Å². The second-order valence-electron chi connectivity index (χ2n) is 4.27. The quantitative estimate of drug-likeness (QED) is 0.801. The van der Waals surface area contributed by atoms with Crippen molar-refractivity contribution < 1.29 is 4.55 Å². The standard InChI is InChI=1S/C12H19NOS/c1-4-11(12(2,3)15(13)14)10-8-6-5-7-9-10/h5-9,11H,4,13H2,1-3H3. The van der Waals surface area contributed by atoms with Gasteiger partial charge in [0.15, 0.2) is 0 Å². The Kier molecular flexibility index (Phi) is 4.20. The van der Waals surface area contributed by atoms with E-state index >= 15 is 0 Å². The second-order valence-corrected chi connectivity index (χ2v) is 5.92. The van der Waals surface area contributed by atoms with E-state index in [9.17, 15) is 4.55 Å². The summed E-state index contributed by atoms with van der Waals surface area (Å²) in [5.74, 6) is 0.240. The Morgan fingerprint density at radius 2 is 1.87 bits per heavy atom. The van der Waals surface area contributed by atoms with Gasteiger partial charge in [0.25, 0.3) is 0 Å². The summed E-state index contributed by atoms with van der Waals surface area (Å²) < 4.78 is 11.1. The first-order valence-corrected chi connectivity index (χ1v) is 6.42. The average Bonchev–Trinajstić information content (AvgIpc) is 2.19. The summed E-state index contributed by atoms with van der Waals surface area (Å²) in [4.78, 5) is 0. The summed E-state index contributed by atoms with van der Waals surface area (Å²) in [6, 6.07) is 10.1. The Balaban J connectivity index is 2.99. The molecule has 0 saturated heterocycles. The molecule has 2 nitrogen and oxygen atoms in total. The van der Waals surface area contributed by atoms with Gasteiger partial charge in [-0.1, -0.05) is 37.3 Å². The minimum absolute atomic E-state index is 0.240. The third-order valence-corrected chi connectivity index (χ3v) is 4.29. The fourth-order valence-corrected chi connectivity index (χ4v) is 2.54. The molecular weight excluding hydrogens is 206 g/mol. The zero-order chi connectivity index (χ0) is 11.5. The molecule has 1 aromatic rings. The summed E-state index contributed by atoms with van der Waals surface area (Å²) in [6.07, 6.45) is 0.944. The molecule has 0 heterocycles. The highest BCUT2D eigenvalue weighted by Crippen LogP contribution is 2.35. The summed E-state index contributed by atoms with van der Waals surface area (Å²) in [6.45, 7) is 6.03. The van der Waals surface area contributed by atoms with Crippen LogP contribution in [-0.4, -0.2) is 9.30 Å². The average molecular weight is 225 g/mol. The second kappa shape index (κ2) is 5.01. The largest absolute Gasteiger partial charge is 0.598 e. The van der Waals surface area contributed by atoms with E-state index in [0.717, 1.165) is 6.42 Å². The summed E-state index contributed by atoms with van der Waals surface area (Å²) in [5.41, 5.74) is 1.21. The fourth-order valence-electron chi connectivity index (χ4n) is 1.95. The van der Waals surface area contributed by atoms with Gasteiger partial charge in [-0.25, -0.2) is 0 Å². The Morgan fingerprint density at radius 3 is 2.27 bits per heavy atom. The van der Waals surface area contributed by atoms with Crippen LogP contribution in [0.3, 0.4) is 0 Å². The van der Waals surface area contributed by atoms with E-state index < -0.39 is 11.4 Å². The zero-order valence-corrected chi connectivity index (χ0v) is 10.4. The zero-order valence-electron chi connectivity index (χ0n) is 9.57. The molecule has 0 radical (unpaired) electrons.